The molecule has 0 fully saturated rings. The SMILES string of the molecule is C1=CCCC(N(C2=CC=CCC2)c2ccc(-c3ccc(-c4ccc(N(c5ccccc5)c5cccc(-c6ccc7oc8ccc(C9=CCCC=C9)cc8c7c6)c5)cc4)cc3)cc2)=C1. The van der Waals surface area contributed by atoms with Gasteiger partial charge in [0.2, 0.25) is 0 Å². The van der Waals surface area contributed by atoms with Crippen molar-refractivity contribution < 1.29 is 4.42 Å². The van der Waals surface area contributed by atoms with Gasteiger partial charge in [0.25, 0.3) is 0 Å². The van der Waals surface area contributed by atoms with Crippen LogP contribution in [0.5, 0.6) is 0 Å². The van der Waals surface area contributed by atoms with E-state index in [2.05, 4.69) is 228 Å². The molecule has 0 saturated carbocycles. The van der Waals surface area contributed by atoms with E-state index in [1.54, 1.807) is 0 Å². The van der Waals surface area contributed by atoms with E-state index >= 15 is 0 Å². The summed E-state index contributed by atoms with van der Waals surface area (Å²) in [5, 5.41) is 2.28. The van der Waals surface area contributed by atoms with Crippen LogP contribution in [0.3, 0.4) is 0 Å². The van der Waals surface area contributed by atoms with Crippen molar-refractivity contribution in [3.63, 3.8) is 0 Å². The largest absolute Gasteiger partial charge is 0.456 e. The van der Waals surface area contributed by atoms with E-state index in [-0.39, 0.29) is 0 Å². The number of hydrogen-bond acceptors (Lipinski definition) is 3. The summed E-state index contributed by atoms with van der Waals surface area (Å²) in [6, 6.07) is 59.7. The third-order valence-electron chi connectivity index (χ3n) is 12.6. The maximum Gasteiger partial charge on any atom is 0.135 e. The average molecular weight is 813 g/mol. The lowest BCUT2D eigenvalue weighted by Gasteiger charge is -2.32. The van der Waals surface area contributed by atoms with Crippen LogP contribution in [-0.4, -0.2) is 0 Å². The number of benzene rings is 7. The number of fused-ring (bicyclic) bond motifs is 3. The molecule has 0 bridgehead atoms. The lowest BCUT2D eigenvalue weighted by molar-refractivity contribution is 0.669. The number of anilines is 4. The lowest BCUT2D eigenvalue weighted by Crippen LogP contribution is -2.23. The molecule has 1 heterocycles. The molecule has 0 radical (unpaired) electrons. The Morgan fingerprint density at radius 3 is 1.44 bits per heavy atom. The van der Waals surface area contributed by atoms with Gasteiger partial charge in [-0.25, -0.2) is 0 Å². The summed E-state index contributed by atoms with van der Waals surface area (Å²) < 4.78 is 6.32. The van der Waals surface area contributed by atoms with Gasteiger partial charge < -0.3 is 14.2 Å². The van der Waals surface area contributed by atoms with Crippen LogP contribution in [-0.2, 0) is 0 Å². The van der Waals surface area contributed by atoms with Crippen LogP contribution in [0, 0.1) is 0 Å². The first-order valence-electron chi connectivity index (χ1n) is 22.3. The highest BCUT2D eigenvalue weighted by atomic mass is 16.3. The zero-order valence-electron chi connectivity index (χ0n) is 35.3. The summed E-state index contributed by atoms with van der Waals surface area (Å²) in [6.07, 6.45) is 26.7. The van der Waals surface area contributed by atoms with Crippen molar-refractivity contribution in [2.75, 3.05) is 9.80 Å². The molecule has 0 aliphatic heterocycles. The van der Waals surface area contributed by atoms with Crippen LogP contribution in [0.2, 0.25) is 0 Å². The second-order valence-corrected chi connectivity index (χ2v) is 16.6. The number of nitrogens with zero attached hydrogens (tertiary/aromatic N) is 2. The van der Waals surface area contributed by atoms with Gasteiger partial charge in [0.15, 0.2) is 0 Å². The summed E-state index contributed by atoms with van der Waals surface area (Å²) in [6.45, 7) is 0. The minimum absolute atomic E-state index is 0.906. The van der Waals surface area contributed by atoms with Crippen LogP contribution < -0.4 is 9.80 Å². The van der Waals surface area contributed by atoms with E-state index in [1.807, 2.05) is 0 Å². The second-order valence-electron chi connectivity index (χ2n) is 16.6. The third-order valence-corrected chi connectivity index (χ3v) is 12.6. The number of rotatable bonds is 10. The average Bonchev–Trinajstić information content (AvgIpc) is 3.73. The summed E-state index contributed by atoms with van der Waals surface area (Å²) in [5.41, 5.74) is 18.7. The first kappa shape index (κ1) is 38.3. The maximum absolute atomic E-state index is 6.32. The fourth-order valence-electron chi connectivity index (χ4n) is 9.34. The van der Waals surface area contributed by atoms with Crippen molar-refractivity contribution in [3.05, 3.63) is 235 Å². The Balaban J connectivity index is 0.858. The molecule has 0 amide bonds. The number of hydrogen-bond donors (Lipinski definition) is 0. The van der Waals surface area contributed by atoms with E-state index in [0.717, 1.165) is 88.7 Å². The highest BCUT2D eigenvalue weighted by Crippen LogP contribution is 2.40. The van der Waals surface area contributed by atoms with Gasteiger partial charge in [0.1, 0.15) is 11.2 Å². The topological polar surface area (TPSA) is 19.6 Å². The molecular formula is C60H48N2O. The minimum Gasteiger partial charge on any atom is -0.456 e. The smallest absolute Gasteiger partial charge is 0.135 e. The lowest BCUT2D eigenvalue weighted by atomic mass is 9.97. The Morgan fingerprint density at radius 2 is 0.873 bits per heavy atom. The molecule has 3 aliphatic carbocycles. The number of allylic oxidation sites excluding steroid dienone is 12. The van der Waals surface area contributed by atoms with E-state index in [9.17, 15) is 0 Å². The normalized spacial score (nSPS) is 14.7. The van der Waals surface area contributed by atoms with Gasteiger partial charge in [-0.15, -0.1) is 0 Å². The minimum atomic E-state index is 0.906. The Morgan fingerprint density at radius 1 is 0.365 bits per heavy atom. The van der Waals surface area contributed by atoms with Gasteiger partial charge >= 0.3 is 0 Å². The molecule has 0 spiro atoms. The molecule has 8 aromatic rings. The number of furan rings is 1. The molecule has 1 aromatic heterocycles. The van der Waals surface area contributed by atoms with E-state index < -0.39 is 0 Å². The van der Waals surface area contributed by atoms with Crippen LogP contribution >= 0.6 is 0 Å². The Hall–Kier alpha value is -7.62. The van der Waals surface area contributed by atoms with Gasteiger partial charge in [-0.05, 0) is 168 Å². The van der Waals surface area contributed by atoms with Crippen molar-refractivity contribution in [2.45, 2.75) is 38.5 Å². The fraction of sp³-hybridized carbons (Fsp3) is 0.100. The van der Waals surface area contributed by atoms with E-state index in [0.29, 0.717) is 0 Å². The zero-order valence-corrected chi connectivity index (χ0v) is 35.3. The molecule has 3 aliphatic rings. The summed E-state index contributed by atoms with van der Waals surface area (Å²) >= 11 is 0. The van der Waals surface area contributed by atoms with E-state index in [4.69, 9.17) is 4.42 Å². The maximum atomic E-state index is 6.32. The standard InChI is InChI=1S/C60H48N2O/c1-5-14-43(15-6-1)49-32-38-59-57(41-49)58-42-50(33-39-60(58)63-59)48-16-13-23-56(40-48)62(53-21-11-4-12-22-53)55-36-30-47(31-37-55)45-26-24-44(25-27-45)46-28-34-54(35-29-46)61(51-17-7-2-8-18-51)52-19-9-3-10-20-52/h2-5,7,9,11-17,19,21-42H,1,6,8,10,18,20H2. The summed E-state index contributed by atoms with van der Waals surface area (Å²) in [5.74, 6) is 0. The van der Waals surface area contributed by atoms with Crippen molar-refractivity contribution in [1.82, 2.24) is 0 Å². The Bertz CT molecular complexity index is 3110. The second kappa shape index (κ2) is 17.0. The Labute approximate surface area is 370 Å². The molecular weight excluding hydrogens is 765 g/mol. The highest BCUT2D eigenvalue weighted by molar-refractivity contribution is 6.07. The summed E-state index contributed by atoms with van der Waals surface area (Å²) in [4.78, 5) is 4.80. The van der Waals surface area contributed by atoms with Crippen molar-refractivity contribution in [1.29, 1.82) is 0 Å². The predicted molar refractivity (Wildman–Crippen MR) is 266 cm³/mol. The molecule has 63 heavy (non-hydrogen) atoms. The molecule has 11 rings (SSSR count). The van der Waals surface area contributed by atoms with Gasteiger partial charge in [0, 0.05) is 44.9 Å². The van der Waals surface area contributed by atoms with Crippen molar-refractivity contribution >= 4 is 50.3 Å². The fourth-order valence-corrected chi connectivity index (χ4v) is 9.34. The molecule has 0 N–H and O–H groups in total. The third kappa shape index (κ3) is 7.79. The number of para-hydroxylation sites is 1. The predicted octanol–water partition coefficient (Wildman–Crippen LogP) is 17.1. The molecule has 0 atom stereocenters. The van der Waals surface area contributed by atoms with E-state index in [1.165, 1.54) is 50.5 Å². The van der Waals surface area contributed by atoms with Crippen LogP contribution in [0.25, 0.3) is 60.9 Å². The van der Waals surface area contributed by atoms with Crippen LogP contribution in [0.1, 0.15) is 44.1 Å². The van der Waals surface area contributed by atoms with Crippen molar-refractivity contribution in [3.8, 4) is 33.4 Å². The van der Waals surface area contributed by atoms with Crippen LogP contribution in [0.15, 0.2) is 234 Å². The Kier molecular flexibility index (Phi) is 10.4. The first-order valence-corrected chi connectivity index (χ1v) is 22.3. The molecule has 3 heteroatoms. The quantitative estimate of drug-likeness (QED) is 0.137. The molecule has 7 aromatic carbocycles. The molecule has 3 nitrogen and oxygen atoms in total. The highest BCUT2D eigenvalue weighted by Gasteiger charge is 2.19. The van der Waals surface area contributed by atoms with Crippen LogP contribution in [0.4, 0.5) is 22.7 Å². The molecule has 0 unspecified atom stereocenters. The van der Waals surface area contributed by atoms with Gasteiger partial charge in [-0.2, -0.15) is 0 Å². The first-order chi connectivity index (χ1) is 31.2. The van der Waals surface area contributed by atoms with Gasteiger partial charge in [-0.3, -0.25) is 0 Å². The monoisotopic (exact) mass is 812 g/mol. The zero-order chi connectivity index (χ0) is 42.0. The van der Waals surface area contributed by atoms with Gasteiger partial charge in [-0.1, -0.05) is 134 Å². The van der Waals surface area contributed by atoms with Gasteiger partial charge in [0.05, 0.1) is 0 Å². The summed E-state index contributed by atoms with van der Waals surface area (Å²) in [7, 11) is 0. The van der Waals surface area contributed by atoms with Crippen molar-refractivity contribution in [2.24, 2.45) is 0 Å². The molecule has 0 saturated heterocycles. The molecule has 304 valence electrons.